The molecule has 6 heteroatoms. The molecule has 1 aromatic carbocycles. The maximum absolute atomic E-state index is 4.96. The molecule has 1 radical (unpaired) electrons. The van der Waals surface area contributed by atoms with Gasteiger partial charge in [-0.3, -0.25) is 0 Å². The number of hydrogen-bond donors (Lipinski definition) is 1. The van der Waals surface area contributed by atoms with Crippen LogP contribution in [0.25, 0.3) is 11.4 Å². The minimum atomic E-state index is 0.552. The van der Waals surface area contributed by atoms with E-state index in [9.17, 15) is 0 Å². The van der Waals surface area contributed by atoms with Crippen LogP contribution >= 0.6 is 15.9 Å². The Hall–Kier alpha value is -2.21. The van der Waals surface area contributed by atoms with Gasteiger partial charge in [0.1, 0.15) is 5.82 Å². The van der Waals surface area contributed by atoms with Crippen LogP contribution in [0.5, 0.6) is 0 Å². The average Bonchev–Trinajstić information content (AvgIpc) is 2.89. The summed E-state index contributed by atoms with van der Waals surface area (Å²) >= 11 is 3.42. The Morgan fingerprint density at radius 3 is 2.70 bits per heavy atom. The van der Waals surface area contributed by atoms with E-state index < -0.39 is 0 Å². The fraction of sp³-hybridized carbons (Fsp3) is 0.0714. The van der Waals surface area contributed by atoms with Crippen LogP contribution in [0.15, 0.2) is 45.5 Å². The van der Waals surface area contributed by atoms with Gasteiger partial charge in [-0.15, -0.1) is 0 Å². The highest BCUT2D eigenvalue weighted by Crippen LogP contribution is 2.24. The lowest BCUT2D eigenvalue weighted by Crippen LogP contribution is -1.94. The molecule has 5 nitrogen and oxygen atoms in total. The topological polar surface area (TPSA) is 63.8 Å². The van der Waals surface area contributed by atoms with Crippen LogP contribution < -0.4 is 5.32 Å². The van der Waals surface area contributed by atoms with E-state index in [1.165, 1.54) is 0 Å². The molecule has 0 amide bonds. The molecule has 0 spiro atoms. The van der Waals surface area contributed by atoms with Gasteiger partial charge in [0.25, 0.3) is 0 Å². The van der Waals surface area contributed by atoms with Crippen molar-refractivity contribution in [2.24, 2.45) is 0 Å². The predicted octanol–water partition coefficient (Wildman–Crippen LogP) is 3.75. The van der Waals surface area contributed by atoms with Crippen molar-refractivity contribution < 1.29 is 4.52 Å². The minimum Gasteiger partial charge on any atom is -0.339 e. The molecule has 0 aliphatic heterocycles. The number of hydrogen-bond acceptors (Lipinski definition) is 5. The largest absolute Gasteiger partial charge is 0.339 e. The van der Waals surface area contributed by atoms with Crippen molar-refractivity contribution in [2.45, 2.75) is 6.92 Å². The van der Waals surface area contributed by atoms with Crippen molar-refractivity contribution in [2.75, 3.05) is 5.32 Å². The van der Waals surface area contributed by atoms with E-state index in [2.05, 4.69) is 42.4 Å². The Morgan fingerprint density at radius 2 is 2.05 bits per heavy atom. The van der Waals surface area contributed by atoms with Gasteiger partial charge in [0.05, 0.1) is 4.47 Å². The highest BCUT2D eigenvalue weighted by molar-refractivity contribution is 9.10. The van der Waals surface area contributed by atoms with E-state index in [-0.39, 0.29) is 0 Å². The lowest BCUT2D eigenvalue weighted by molar-refractivity contribution is 0.394. The first-order valence-electron chi connectivity index (χ1n) is 5.92. The van der Waals surface area contributed by atoms with Crippen molar-refractivity contribution in [1.29, 1.82) is 0 Å². The molecule has 3 aromatic rings. The quantitative estimate of drug-likeness (QED) is 0.792. The zero-order valence-electron chi connectivity index (χ0n) is 10.6. The van der Waals surface area contributed by atoms with Gasteiger partial charge in [0.15, 0.2) is 0 Å². The fourth-order valence-electron chi connectivity index (χ4n) is 1.69. The third kappa shape index (κ3) is 2.70. The van der Waals surface area contributed by atoms with Crippen LogP contribution in [-0.2, 0) is 0 Å². The maximum atomic E-state index is 4.96. The molecule has 0 saturated carbocycles. The number of nitrogens with one attached hydrogen (secondary N) is 1. The van der Waals surface area contributed by atoms with Gasteiger partial charge in [0, 0.05) is 30.4 Å². The molecule has 0 aliphatic carbocycles. The maximum Gasteiger partial charge on any atom is 0.223 e. The molecule has 0 atom stereocenters. The zero-order valence-corrected chi connectivity index (χ0v) is 12.2. The Labute approximate surface area is 124 Å². The van der Waals surface area contributed by atoms with Crippen LogP contribution in [0.1, 0.15) is 5.89 Å². The van der Waals surface area contributed by atoms with E-state index >= 15 is 0 Å². The van der Waals surface area contributed by atoms with Crippen molar-refractivity contribution in [3.8, 4) is 11.4 Å². The normalized spacial score (nSPS) is 10.5. The van der Waals surface area contributed by atoms with Gasteiger partial charge < -0.3 is 9.84 Å². The van der Waals surface area contributed by atoms with Crippen LogP contribution in [0, 0.1) is 13.0 Å². The molecule has 20 heavy (non-hydrogen) atoms. The first-order valence-corrected chi connectivity index (χ1v) is 6.71. The van der Waals surface area contributed by atoms with Gasteiger partial charge in [-0.2, -0.15) is 4.98 Å². The number of rotatable bonds is 3. The van der Waals surface area contributed by atoms with E-state index in [1.54, 1.807) is 13.1 Å². The molecule has 99 valence electrons. The van der Waals surface area contributed by atoms with Gasteiger partial charge in [-0.05, 0) is 46.3 Å². The third-order valence-corrected chi connectivity index (χ3v) is 3.24. The Morgan fingerprint density at radius 1 is 1.25 bits per heavy atom. The molecule has 0 bridgehead atoms. The average molecular weight is 330 g/mol. The Balaban J connectivity index is 1.82. The van der Waals surface area contributed by atoms with Gasteiger partial charge in [-0.25, -0.2) is 4.98 Å². The molecule has 2 aromatic heterocycles. The third-order valence-electron chi connectivity index (χ3n) is 2.64. The number of aryl methyl sites for hydroxylation is 1. The van der Waals surface area contributed by atoms with Gasteiger partial charge >= 0.3 is 0 Å². The molecule has 3 rings (SSSR count). The molecule has 2 heterocycles. The monoisotopic (exact) mass is 329 g/mol. The molecular weight excluding hydrogens is 320 g/mol. The lowest BCUT2D eigenvalue weighted by Gasteiger charge is -2.07. The summed E-state index contributed by atoms with van der Waals surface area (Å²) < 4.78 is 5.82. The Kier molecular flexibility index (Phi) is 3.47. The summed E-state index contributed by atoms with van der Waals surface area (Å²) in [7, 11) is 0. The van der Waals surface area contributed by atoms with Crippen LogP contribution in [0.4, 0.5) is 11.5 Å². The second-order valence-electron chi connectivity index (χ2n) is 4.11. The smallest absolute Gasteiger partial charge is 0.223 e. The van der Waals surface area contributed by atoms with Crippen LogP contribution in [0.3, 0.4) is 0 Å². The molecule has 1 N–H and O–H groups in total. The predicted molar refractivity (Wildman–Crippen MR) is 78.5 cm³/mol. The summed E-state index contributed by atoms with van der Waals surface area (Å²) in [6.45, 7) is 1.77. The number of pyridine rings is 1. The second-order valence-corrected chi connectivity index (χ2v) is 4.96. The van der Waals surface area contributed by atoms with Crippen molar-refractivity contribution in [1.82, 2.24) is 15.1 Å². The van der Waals surface area contributed by atoms with E-state index in [4.69, 9.17) is 4.52 Å². The first kappa shape index (κ1) is 12.8. The fourth-order valence-corrected chi connectivity index (χ4v) is 2.02. The number of benzene rings is 1. The SMILES string of the molecule is Cc1nc(-c2ccc(Nc3nc[c]cc3Br)cc2)no1. The number of halogens is 1. The highest BCUT2D eigenvalue weighted by atomic mass is 79.9. The first-order chi connectivity index (χ1) is 9.72. The molecule has 0 aliphatic rings. The van der Waals surface area contributed by atoms with Crippen LogP contribution in [0.2, 0.25) is 0 Å². The number of nitrogens with zero attached hydrogens (tertiary/aromatic N) is 3. The summed E-state index contributed by atoms with van der Waals surface area (Å²) in [5.41, 5.74) is 1.83. The van der Waals surface area contributed by atoms with Crippen LogP contribution in [-0.4, -0.2) is 15.1 Å². The number of anilines is 2. The summed E-state index contributed by atoms with van der Waals surface area (Å²) in [4.78, 5) is 8.39. The van der Waals surface area contributed by atoms with Gasteiger partial charge in [0.2, 0.25) is 11.7 Å². The van der Waals surface area contributed by atoms with E-state index in [1.807, 2.05) is 30.3 Å². The summed E-state index contributed by atoms with van der Waals surface area (Å²) in [6, 6.07) is 12.4. The highest BCUT2D eigenvalue weighted by Gasteiger charge is 2.06. The Bertz CT molecular complexity index is 724. The zero-order chi connectivity index (χ0) is 13.9. The molecular formula is C14H10BrN4O. The summed E-state index contributed by atoms with van der Waals surface area (Å²) in [6.07, 6.45) is 1.61. The summed E-state index contributed by atoms with van der Waals surface area (Å²) in [5.74, 6) is 1.88. The number of aromatic nitrogens is 3. The summed E-state index contributed by atoms with van der Waals surface area (Å²) in [5, 5.41) is 7.10. The minimum absolute atomic E-state index is 0.552. The molecule has 0 unspecified atom stereocenters. The van der Waals surface area contributed by atoms with E-state index in [0.717, 1.165) is 21.5 Å². The van der Waals surface area contributed by atoms with Crippen molar-refractivity contribution >= 4 is 27.4 Å². The van der Waals surface area contributed by atoms with Gasteiger partial charge in [-0.1, -0.05) is 5.16 Å². The van der Waals surface area contributed by atoms with Crippen molar-refractivity contribution in [3.63, 3.8) is 0 Å². The second kappa shape index (κ2) is 5.42. The van der Waals surface area contributed by atoms with E-state index in [0.29, 0.717) is 11.7 Å². The molecule has 0 saturated heterocycles. The standard InChI is InChI=1S/C14H10BrN4O/c1-9-17-13(19-20-9)10-4-6-11(7-5-10)18-14-12(15)3-2-8-16-14/h3-8H,1H3,(H,16,18). The molecule has 0 fully saturated rings. The van der Waals surface area contributed by atoms with Crippen molar-refractivity contribution in [3.05, 3.63) is 53.0 Å². The lowest BCUT2D eigenvalue weighted by atomic mass is 10.2.